The third-order valence-electron chi connectivity index (χ3n) is 15.7. The molecule has 4 fully saturated rings. The van der Waals surface area contributed by atoms with Crippen molar-refractivity contribution in [3.05, 3.63) is 112 Å². The Hall–Kier alpha value is -1.52. The van der Waals surface area contributed by atoms with Crippen LogP contribution >= 0.6 is 46.7 Å². The maximum Gasteiger partial charge on any atom is 0.0146 e. The second-order valence-electron chi connectivity index (χ2n) is 23.6. The summed E-state index contributed by atoms with van der Waals surface area (Å²) in [6.45, 7) is 25.4. The molecule has 1 heterocycles. The van der Waals surface area contributed by atoms with E-state index in [9.17, 15) is 16.8 Å². The molecule has 0 atom stereocenters. The molecule has 1 aliphatic heterocycles. The number of nitrogens with zero attached hydrogens (tertiary/aromatic N) is 4. The van der Waals surface area contributed by atoms with Crippen LogP contribution in [0.15, 0.2) is 70.5 Å². The monoisotopic (exact) mass is 1440 g/mol. The number of rotatable bonds is 15. The van der Waals surface area contributed by atoms with E-state index in [1.54, 1.807) is 142 Å². The minimum Gasteiger partial charge on any atom is -0.502 e. The van der Waals surface area contributed by atoms with Crippen LogP contribution in [0.4, 0.5) is 11.4 Å². The Labute approximate surface area is 523 Å². The third kappa shape index (κ3) is 21.1. The standard InChI is InChI=1S/C21H27N2.C18H33P.2C12H17NO3S.4ClH.2Ru/c1-14-9-16(3)20(17(4)10-14)22-7-8-23(13-22)21-18(5)11-15(2)12-19(21)6;1-4-10-16(11-5-1)19(17-12-6-2-7-13-17)18-14-8-3-9-15-18;2*1-9(2)16-12-7-6-11(8-10(12)3)17(14,15)13(4)5;;;;;;/h9-13H,7-8H2,1-6H3;16-18H,1-15H2;2*3,6-9H,1-2,4-5H3;4*1H;;/q-1;;;;;;;;2*+2/p-1. The van der Waals surface area contributed by atoms with E-state index < -0.39 is 47.1 Å². The summed E-state index contributed by atoms with van der Waals surface area (Å²) in [4.78, 5) is 5.23. The first kappa shape index (κ1) is 71.2. The van der Waals surface area contributed by atoms with Gasteiger partial charge in [0.2, 0.25) is 0 Å². The van der Waals surface area contributed by atoms with Crippen LogP contribution in [0.1, 0.15) is 169 Å². The molecular formula is C63H97Cl4N4O6PRu2S2+2. The second kappa shape index (κ2) is 33.7. The largest absolute Gasteiger partial charge is 0.502 e. The average molecular weight is 1450 g/mol. The topological polar surface area (TPSA) is 107 Å². The first-order valence-electron chi connectivity index (χ1n) is 29.2. The Morgan fingerprint density at radius 1 is 0.512 bits per heavy atom. The van der Waals surface area contributed by atoms with E-state index in [1.807, 2.05) is 27.7 Å². The van der Waals surface area contributed by atoms with Gasteiger partial charge < -0.3 is 9.80 Å². The molecule has 1 saturated heterocycles. The van der Waals surface area contributed by atoms with E-state index >= 15 is 0 Å². The van der Waals surface area contributed by atoms with Crippen molar-refractivity contribution in [2.75, 3.05) is 51.1 Å². The molecule has 0 amide bonds. The number of sulfonamides is 2. The van der Waals surface area contributed by atoms with Gasteiger partial charge in [0.15, 0.2) is 0 Å². The fourth-order valence-electron chi connectivity index (χ4n) is 12.3. The molecule has 0 radical (unpaired) electrons. The molecule has 4 aromatic rings. The number of hydrogen-bond acceptors (Lipinski definition) is 6. The van der Waals surface area contributed by atoms with Gasteiger partial charge in [0, 0.05) is 32.4 Å². The Morgan fingerprint density at radius 3 is 1.06 bits per heavy atom. The van der Waals surface area contributed by atoms with Crippen molar-refractivity contribution < 1.29 is 53.3 Å². The molecule has 0 bridgehead atoms. The maximum atomic E-state index is 12.1. The maximum absolute atomic E-state index is 12.1. The number of hydrogen-bond donors (Lipinski definition) is 0. The van der Waals surface area contributed by atoms with Crippen molar-refractivity contribution in [3.8, 4) is 11.5 Å². The zero-order valence-electron chi connectivity index (χ0n) is 51.3. The first-order valence-corrected chi connectivity index (χ1v) is 44.8. The molecule has 8 rings (SSSR count). The number of anilines is 2. The molecule has 82 heavy (non-hydrogen) atoms. The number of aromatic hydroxyl groups is 2. The number of aliphatic hydroxyl groups is 2. The molecule has 2 N–H and O–H groups in total. The van der Waals surface area contributed by atoms with E-state index in [0.29, 0.717) is 22.6 Å². The second-order valence-corrected chi connectivity index (χ2v) is 42.8. The summed E-state index contributed by atoms with van der Waals surface area (Å²) in [5.41, 5.74) is 15.9. The van der Waals surface area contributed by atoms with Gasteiger partial charge in [0.05, 0.1) is 17.0 Å². The number of benzene rings is 4. The molecule has 0 spiro atoms. The summed E-state index contributed by atoms with van der Waals surface area (Å²) >= 11 is -4.12. The van der Waals surface area contributed by atoms with Crippen LogP contribution in [-0.4, -0.2) is 115 Å². The van der Waals surface area contributed by atoms with Gasteiger partial charge in [-0.3, -0.25) is 0 Å². The van der Waals surface area contributed by atoms with Gasteiger partial charge in [0.25, 0.3) is 0 Å². The zero-order chi connectivity index (χ0) is 60.6. The normalized spacial score (nSPS) is 17.0. The van der Waals surface area contributed by atoms with Crippen molar-refractivity contribution in [2.45, 2.75) is 205 Å². The minimum atomic E-state index is -3.48. The predicted molar refractivity (Wildman–Crippen MR) is 351 cm³/mol. The van der Waals surface area contributed by atoms with Gasteiger partial charge in [-0.15, -0.1) is 0 Å². The molecule has 4 aliphatic rings. The summed E-state index contributed by atoms with van der Waals surface area (Å²) in [7, 11) is 22.6. The van der Waals surface area contributed by atoms with E-state index in [-0.39, 0.29) is 29.9 Å². The van der Waals surface area contributed by atoms with E-state index in [4.69, 9.17) is 38.8 Å². The van der Waals surface area contributed by atoms with E-state index in [0.717, 1.165) is 13.1 Å². The average Bonchev–Trinajstić information content (AvgIpc) is 4.02. The van der Waals surface area contributed by atoms with Crippen molar-refractivity contribution in [1.82, 2.24) is 8.61 Å². The van der Waals surface area contributed by atoms with Crippen molar-refractivity contribution in [3.63, 3.8) is 0 Å². The van der Waals surface area contributed by atoms with Crippen LogP contribution in [0.3, 0.4) is 0 Å². The minimum absolute atomic E-state index is 0.0465. The van der Waals surface area contributed by atoms with Gasteiger partial charge in [-0.25, -0.2) is 0 Å². The van der Waals surface area contributed by atoms with Crippen LogP contribution in [0.5, 0.6) is 11.5 Å². The Kier molecular flexibility index (Phi) is 29.3. The fraction of sp³-hybridized carbons (Fsp3) is 0.571. The van der Waals surface area contributed by atoms with Crippen molar-refractivity contribution in [2.24, 2.45) is 0 Å². The fourth-order valence-corrected chi connectivity index (χ4v) is 23.0. The van der Waals surface area contributed by atoms with Crippen LogP contribution in [0, 0.1) is 48.2 Å². The van der Waals surface area contributed by atoms with E-state index in [1.165, 1.54) is 98.5 Å². The quantitative estimate of drug-likeness (QED) is 0.0508. The molecule has 3 aliphatic carbocycles. The Balaban J connectivity index is 0.000000201. The smallest absolute Gasteiger partial charge is 0.0146 e. The van der Waals surface area contributed by atoms with Gasteiger partial charge in [0.1, 0.15) is 0 Å². The summed E-state index contributed by atoms with van der Waals surface area (Å²) < 4.78 is 63.2. The summed E-state index contributed by atoms with van der Waals surface area (Å²) in [6, 6.07) is 18.7. The number of halogens is 4. The molecule has 4 aromatic carbocycles. The zero-order valence-corrected chi connectivity index (χ0v) is 60.4. The van der Waals surface area contributed by atoms with Gasteiger partial charge in [-0.05, 0) is 141 Å². The molecule has 3 saturated carbocycles. The first-order chi connectivity index (χ1) is 38.6. The SMILES string of the molecule is C1CCC([PH+](C2CCCCC2)C2CCCCC2)CC1.CC(C)[OH+]c1ccc(S(=O)(=O)N(C)C)cc1[CH]=[Ru]([Cl])[Cl].CC(C)[OH+]c1ccc(S(=O)(=O)N(C)C)cc1[CH]=[Ru]([Cl])[Cl].Cc1cc(C)c(N2[CH-]N(c3c(C)cc(C)cc3C)CC2)c(C)c1. The third-order valence-corrected chi connectivity index (χ3v) is 27.5. The summed E-state index contributed by atoms with van der Waals surface area (Å²) in [6.07, 6.45) is 24.0. The predicted octanol–water partition coefficient (Wildman–Crippen LogP) is 16.5. The van der Waals surface area contributed by atoms with E-state index in [2.05, 4.69) is 91.8 Å². The van der Waals surface area contributed by atoms with Gasteiger partial charge in [-0.2, -0.15) is 6.67 Å². The Morgan fingerprint density at radius 2 is 0.805 bits per heavy atom. The van der Waals surface area contributed by atoms with Crippen molar-refractivity contribution in [1.29, 1.82) is 0 Å². The molecule has 0 aromatic heterocycles. The van der Waals surface area contributed by atoms with Crippen LogP contribution < -0.4 is 9.80 Å². The molecule has 464 valence electrons. The molecule has 10 nitrogen and oxygen atoms in total. The molecule has 0 unspecified atom stereocenters. The van der Waals surface area contributed by atoms with Crippen LogP contribution in [0.2, 0.25) is 0 Å². The van der Waals surface area contributed by atoms with Gasteiger partial charge in [-0.1, -0.05) is 54.7 Å². The van der Waals surface area contributed by atoms with Gasteiger partial charge >= 0.3 is 267 Å². The molecule has 19 heteroatoms. The summed E-state index contributed by atoms with van der Waals surface area (Å²) in [5, 5.41) is 0. The number of aryl methyl sites for hydroxylation is 6. The Bertz CT molecular complexity index is 2750. The summed E-state index contributed by atoms with van der Waals surface area (Å²) in [5.74, 6) is 1.41. The molecular weight excluding hydrogens is 1350 g/mol. The number of ether oxygens (including phenoxy) is 2. The van der Waals surface area contributed by atoms with Crippen LogP contribution in [0.25, 0.3) is 0 Å². The van der Waals surface area contributed by atoms with Crippen LogP contribution in [-0.2, 0) is 47.1 Å². The van der Waals surface area contributed by atoms with Crippen molar-refractivity contribution >= 4 is 87.3 Å².